The smallest absolute Gasteiger partial charge is 1.00 e. The fourth-order valence-electron chi connectivity index (χ4n) is 8.15. The number of carbonyl (C=O) groups excluding carboxylic acids is 3. The third-order valence-electron chi connectivity index (χ3n) is 11.6. The number of hydrogen-bond donors (Lipinski definition) is 0. The number of ether oxygens (including phenoxy) is 4. The first-order chi connectivity index (χ1) is 34.6. The van der Waals surface area contributed by atoms with Gasteiger partial charge in [0.15, 0.2) is 0 Å². The molecule has 364 valence electrons. The van der Waals surface area contributed by atoms with Gasteiger partial charge >= 0.3 is 51.4 Å². The SMILES string of the molecule is COc1ccc(Cc2cc(-c3ccccc3OC)ncn2)cc1CCl.COc1ccc(Cc2cc(-c3ccccc3OC)ncn2)cc1CN1C(=O)c2ccccc2C1=O.O=C1N=C([O-])c2ccccc21.[Cl-].[K+]. The maximum atomic E-state index is 12.8. The number of aromatic nitrogens is 4. The van der Waals surface area contributed by atoms with E-state index < -0.39 is 11.8 Å². The second-order valence-electron chi connectivity index (χ2n) is 16.0. The number of alkyl halides is 1. The molecule has 2 aliphatic heterocycles. The van der Waals surface area contributed by atoms with E-state index in [1.54, 1.807) is 89.6 Å². The van der Waals surface area contributed by atoms with Crippen molar-refractivity contribution in [3.63, 3.8) is 0 Å². The van der Waals surface area contributed by atoms with Crippen LogP contribution in [0.1, 0.15) is 70.3 Å². The Morgan fingerprint density at radius 3 is 1.36 bits per heavy atom. The molecule has 0 radical (unpaired) electrons. The van der Waals surface area contributed by atoms with Gasteiger partial charge in [-0.3, -0.25) is 19.3 Å². The van der Waals surface area contributed by atoms with E-state index in [1.165, 1.54) is 4.90 Å². The van der Waals surface area contributed by atoms with Crippen molar-refractivity contribution in [2.75, 3.05) is 28.4 Å². The van der Waals surface area contributed by atoms with Gasteiger partial charge in [0.2, 0.25) is 0 Å². The van der Waals surface area contributed by atoms with E-state index in [0.29, 0.717) is 46.7 Å². The molecule has 0 unspecified atom stereocenters. The molecule has 0 bridgehead atoms. The van der Waals surface area contributed by atoms with Crippen LogP contribution in [0.15, 0.2) is 163 Å². The standard InChI is InChI=1S/C28H23N3O4.C20H19ClN2O2.C8H5NO2.ClH.K/c1-34-25-12-11-18(13-19(25)16-31-27(32)21-7-3-4-8-22(21)28(31)33)14-20-15-24(30-17-29-20)23-9-5-6-10-26(23)35-2;1-24-19-8-7-14(9-15(19)12-21)10-16-11-18(23-13-22-16)17-5-3-4-6-20(17)25-2;10-7-5-3-1-2-4-6(5)8(11)9-7;;/h3-13,15,17H,14,16H2,1-2H3;3-9,11,13H,10,12H2,1-2H3;1-4H,(H,9,10,11);1H;/q;;;;+1/p-2. The Hall–Kier alpha value is -6.82. The second-order valence-corrected chi connectivity index (χ2v) is 16.2. The summed E-state index contributed by atoms with van der Waals surface area (Å²) in [5.74, 6) is 1.92. The van der Waals surface area contributed by atoms with Gasteiger partial charge in [-0.15, -0.1) is 11.6 Å². The van der Waals surface area contributed by atoms with E-state index >= 15 is 0 Å². The third-order valence-corrected chi connectivity index (χ3v) is 11.9. The molecule has 0 atom stereocenters. The molecule has 10 rings (SSSR count). The largest absolute Gasteiger partial charge is 1.00 e. The Morgan fingerprint density at radius 1 is 0.493 bits per heavy atom. The molecule has 0 fully saturated rings. The molecule has 0 aliphatic carbocycles. The Balaban J connectivity index is 0.000000199. The van der Waals surface area contributed by atoms with Gasteiger partial charge in [0.25, 0.3) is 17.7 Å². The molecule has 0 saturated carbocycles. The van der Waals surface area contributed by atoms with Crippen LogP contribution < -0.4 is 87.8 Å². The summed E-state index contributed by atoms with van der Waals surface area (Å²) in [4.78, 5) is 58.8. The first-order valence-corrected chi connectivity index (χ1v) is 22.8. The van der Waals surface area contributed by atoms with E-state index in [2.05, 4.69) is 31.0 Å². The molecule has 8 aromatic rings. The van der Waals surface area contributed by atoms with Gasteiger partial charge in [0.1, 0.15) is 35.7 Å². The van der Waals surface area contributed by atoms with Gasteiger partial charge < -0.3 is 36.5 Å². The van der Waals surface area contributed by atoms with Gasteiger partial charge in [0.05, 0.1) is 63.4 Å². The van der Waals surface area contributed by atoms with Crippen LogP contribution in [0, 0.1) is 0 Å². The number of carbonyl (C=O) groups is 3. The van der Waals surface area contributed by atoms with Crippen LogP contribution in [0.3, 0.4) is 0 Å². The number of fused-ring (bicyclic) bond motifs is 2. The Morgan fingerprint density at radius 2 is 0.904 bits per heavy atom. The monoisotopic (exact) mass is 1040 g/mol. The van der Waals surface area contributed by atoms with Crippen molar-refractivity contribution >= 4 is 35.2 Å². The average molecular weight is 1040 g/mol. The van der Waals surface area contributed by atoms with E-state index in [1.807, 2.05) is 91.0 Å². The predicted molar refractivity (Wildman–Crippen MR) is 267 cm³/mol. The van der Waals surface area contributed by atoms with E-state index in [0.717, 1.165) is 73.4 Å². The van der Waals surface area contributed by atoms with Crippen molar-refractivity contribution in [3.05, 3.63) is 214 Å². The van der Waals surface area contributed by atoms with Crippen LogP contribution in [0.2, 0.25) is 0 Å². The first kappa shape index (κ1) is 55.5. The number of nitrogens with zero attached hydrogens (tertiary/aromatic N) is 6. The predicted octanol–water partition coefficient (Wildman–Crippen LogP) is 2.99. The number of aliphatic imine (C=N–C) groups is 1. The second kappa shape index (κ2) is 26.2. The molecular weight excluding hydrogens is 995 g/mol. The van der Waals surface area contributed by atoms with Crippen LogP contribution in [0.5, 0.6) is 23.0 Å². The summed E-state index contributed by atoms with van der Waals surface area (Å²) in [6.07, 6.45) is 4.37. The zero-order valence-corrected chi connectivity index (χ0v) is 45.2. The molecule has 2 aromatic heterocycles. The minimum Gasteiger partial charge on any atom is -1.00 e. The van der Waals surface area contributed by atoms with Crippen molar-refractivity contribution in [2.24, 2.45) is 4.99 Å². The van der Waals surface area contributed by atoms with Crippen LogP contribution >= 0.6 is 11.6 Å². The van der Waals surface area contributed by atoms with E-state index in [-0.39, 0.29) is 82.2 Å². The summed E-state index contributed by atoms with van der Waals surface area (Å²) in [5.41, 5.74) is 10.7. The normalized spacial score (nSPS) is 11.8. The van der Waals surface area contributed by atoms with Crippen molar-refractivity contribution in [1.29, 1.82) is 0 Å². The molecule has 73 heavy (non-hydrogen) atoms. The topological polar surface area (TPSA) is 178 Å². The van der Waals surface area contributed by atoms with Gasteiger partial charge in [-0.1, -0.05) is 72.8 Å². The fraction of sp³-hybridized carbons (Fsp3) is 0.143. The average Bonchev–Trinajstić information content (AvgIpc) is 3.84. The number of para-hydroxylation sites is 2. The quantitative estimate of drug-likeness (QED) is 0.0939. The minimum atomic E-state index is -0.425. The summed E-state index contributed by atoms with van der Waals surface area (Å²) in [5, 5.41) is 10.9. The first-order valence-electron chi connectivity index (χ1n) is 22.2. The van der Waals surface area contributed by atoms with Gasteiger partial charge in [-0.25, -0.2) is 24.9 Å². The van der Waals surface area contributed by atoms with Crippen LogP contribution in [0.4, 0.5) is 0 Å². The van der Waals surface area contributed by atoms with Crippen LogP contribution in [0.25, 0.3) is 22.5 Å². The number of benzene rings is 6. The fourth-order valence-corrected chi connectivity index (χ4v) is 8.36. The molecule has 14 nitrogen and oxygen atoms in total. The van der Waals surface area contributed by atoms with Crippen molar-refractivity contribution in [3.8, 4) is 45.5 Å². The minimum absolute atomic E-state index is 0. The summed E-state index contributed by atoms with van der Waals surface area (Å²) in [6.45, 7) is 0.125. The maximum Gasteiger partial charge on any atom is 1.00 e. The summed E-state index contributed by atoms with van der Waals surface area (Å²) in [7, 11) is 6.51. The number of amides is 3. The maximum absolute atomic E-state index is 12.8. The van der Waals surface area contributed by atoms with Crippen LogP contribution in [-0.2, 0) is 25.3 Å². The number of hydrogen-bond acceptors (Lipinski definition) is 12. The van der Waals surface area contributed by atoms with Gasteiger partial charge in [-0.2, -0.15) is 0 Å². The number of rotatable bonds is 13. The summed E-state index contributed by atoms with van der Waals surface area (Å²) >= 11 is 6.00. The van der Waals surface area contributed by atoms with E-state index in [4.69, 9.17) is 30.5 Å². The molecule has 0 saturated heterocycles. The molecule has 3 amide bonds. The van der Waals surface area contributed by atoms with Crippen molar-refractivity contribution in [1.82, 2.24) is 24.8 Å². The summed E-state index contributed by atoms with van der Waals surface area (Å²) < 4.78 is 21.7. The number of methoxy groups -OCH3 is 4. The molecule has 0 N–H and O–H groups in total. The molecule has 17 heteroatoms. The zero-order valence-electron chi connectivity index (χ0n) is 40.5. The molecule has 6 aromatic carbocycles. The molecule has 0 spiro atoms. The number of imide groups is 1. The zero-order chi connectivity index (χ0) is 49.9. The van der Waals surface area contributed by atoms with Crippen LogP contribution in [-0.4, -0.2) is 76.9 Å². The Bertz CT molecular complexity index is 3270. The molecule has 4 heterocycles. The Kier molecular flexibility index (Phi) is 19.9. The molecule has 2 aliphatic rings. The number of halogens is 2. The summed E-state index contributed by atoms with van der Waals surface area (Å²) in [6, 6.07) is 44.7. The van der Waals surface area contributed by atoms with Crippen molar-refractivity contribution in [2.45, 2.75) is 25.3 Å². The third kappa shape index (κ3) is 13.1. The van der Waals surface area contributed by atoms with E-state index in [9.17, 15) is 19.5 Å². The Labute approximate surface area is 476 Å². The van der Waals surface area contributed by atoms with Crippen molar-refractivity contribution < 1.29 is 102 Å². The van der Waals surface area contributed by atoms with Gasteiger partial charge in [0, 0.05) is 52.0 Å². The molecular formula is C56H46Cl2KN6O8-. The van der Waals surface area contributed by atoms with Gasteiger partial charge in [-0.05, 0) is 95.4 Å².